The van der Waals surface area contributed by atoms with Crippen molar-refractivity contribution in [1.82, 2.24) is 10.0 Å². The summed E-state index contributed by atoms with van der Waals surface area (Å²) in [6.45, 7) is 3.55. The predicted molar refractivity (Wildman–Crippen MR) is 117 cm³/mol. The lowest BCUT2D eigenvalue weighted by atomic mass is 10.1. The number of rotatable bonds is 10. The highest BCUT2D eigenvalue weighted by molar-refractivity contribution is 7.89. The molecule has 0 saturated heterocycles. The van der Waals surface area contributed by atoms with Crippen LogP contribution in [-0.2, 0) is 14.8 Å². The Kier molecular flexibility index (Phi) is 8.40. The van der Waals surface area contributed by atoms with Crippen molar-refractivity contribution in [3.8, 4) is 11.5 Å². The first-order valence-corrected chi connectivity index (χ1v) is 11.1. The third-order valence-corrected chi connectivity index (χ3v) is 5.63. The molecule has 0 saturated carbocycles. The van der Waals surface area contributed by atoms with Gasteiger partial charge in [0.25, 0.3) is 5.91 Å². The molecular weight excluding hydrogens is 422 g/mol. The Labute approximate surface area is 182 Å². The van der Waals surface area contributed by atoms with Gasteiger partial charge in [-0.2, -0.15) is 0 Å². The lowest BCUT2D eigenvalue weighted by Gasteiger charge is -2.13. The van der Waals surface area contributed by atoms with Crippen LogP contribution in [0.25, 0.3) is 0 Å². The van der Waals surface area contributed by atoms with E-state index in [9.17, 15) is 18.0 Å². The van der Waals surface area contributed by atoms with E-state index in [-0.39, 0.29) is 35.6 Å². The summed E-state index contributed by atoms with van der Waals surface area (Å²) in [4.78, 5) is 24.6. The molecule has 0 aliphatic rings. The molecule has 2 aromatic rings. The molecule has 0 unspecified atom stereocenters. The van der Waals surface area contributed by atoms with Gasteiger partial charge in [-0.15, -0.1) is 0 Å². The topological polar surface area (TPSA) is 123 Å². The maximum absolute atomic E-state index is 12.5. The van der Waals surface area contributed by atoms with E-state index in [0.29, 0.717) is 17.0 Å². The van der Waals surface area contributed by atoms with Gasteiger partial charge in [-0.1, -0.05) is 12.1 Å². The van der Waals surface area contributed by atoms with E-state index in [1.807, 2.05) is 13.8 Å². The minimum absolute atomic E-state index is 0.0127. The molecule has 0 spiro atoms. The molecule has 3 N–H and O–H groups in total. The zero-order valence-corrected chi connectivity index (χ0v) is 18.7. The summed E-state index contributed by atoms with van der Waals surface area (Å²) in [6.07, 6.45) is -0.118. The van der Waals surface area contributed by atoms with Gasteiger partial charge in [0.05, 0.1) is 30.4 Å². The molecule has 2 rings (SSSR count). The molecule has 2 aromatic carbocycles. The highest BCUT2D eigenvalue weighted by Crippen LogP contribution is 2.29. The summed E-state index contributed by atoms with van der Waals surface area (Å²) in [5.41, 5.74) is 0.684. The first-order chi connectivity index (χ1) is 14.7. The van der Waals surface area contributed by atoms with Crippen LogP contribution in [0.1, 0.15) is 30.6 Å². The lowest BCUT2D eigenvalue weighted by molar-refractivity contribution is -0.116. The number of sulfonamides is 1. The highest BCUT2D eigenvalue weighted by Gasteiger charge is 2.18. The summed E-state index contributed by atoms with van der Waals surface area (Å²) >= 11 is 0. The average Bonchev–Trinajstić information content (AvgIpc) is 2.72. The SMILES string of the molecule is COc1ccc(S(=O)(=O)NCCC(=O)Nc2ccccc2C(=O)NC(C)C)cc1OC. The molecule has 2 amide bonds. The minimum atomic E-state index is -3.85. The fourth-order valence-corrected chi connectivity index (χ4v) is 3.76. The molecule has 0 atom stereocenters. The molecule has 0 aliphatic heterocycles. The first kappa shape index (κ1) is 24.2. The maximum atomic E-state index is 12.5. The summed E-state index contributed by atoms with van der Waals surface area (Å²) in [5, 5.41) is 5.42. The van der Waals surface area contributed by atoms with Crippen molar-refractivity contribution < 1.29 is 27.5 Å². The smallest absolute Gasteiger partial charge is 0.253 e. The van der Waals surface area contributed by atoms with E-state index in [1.165, 1.54) is 32.4 Å². The largest absolute Gasteiger partial charge is 0.493 e. The highest BCUT2D eigenvalue weighted by atomic mass is 32.2. The summed E-state index contributed by atoms with van der Waals surface area (Å²) in [6, 6.07) is 10.8. The van der Waals surface area contributed by atoms with Crippen LogP contribution in [0.2, 0.25) is 0 Å². The molecule has 10 heteroatoms. The Morgan fingerprint density at radius 3 is 2.32 bits per heavy atom. The standard InChI is InChI=1S/C21H27N3O6S/c1-14(2)23-21(26)16-7-5-6-8-17(16)24-20(25)11-12-22-31(27,28)15-9-10-18(29-3)19(13-15)30-4/h5-10,13-14,22H,11-12H2,1-4H3,(H,23,26)(H,24,25). The van der Waals surface area contributed by atoms with E-state index in [2.05, 4.69) is 15.4 Å². The summed E-state index contributed by atoms with van der Waals surface area (Å²) < 4.78 is 37.6. The average molecular weight is 450 g/mol. The number of hydrogen-bond donors (Lipinski definition) is 3. The number of benzene rings is 2. The van der Waals surface area contributed by atoms with Gasteiger partial charge in [0.2, 0.25) is 15.9 Å². The normalized spacial score (nSPS) is 11.1. The number of amides is 2. The van der Waals surface area contributed by atoms with Crippen LogP contribution in [0, 0.1) is 0 Å². The van der Waals surface area contributed by atoms with Crippen molar-refractivity contribution in [3.63, 3.8) is 0 Å². The first-order valence-electron chi connectivity index (χ1n) is 9.59. The molecule has 31 heavy (non-hydrogen) atoms. The number of ether oxygens (including phenoxy) is 2. The third kappa shape index (κ3) is 6.69. The van der Waals surface area contributed by atoms with E-state index in [1.54, 1.807) is 24.3 Å². The summed E-state index contributed by atoms with van der Waals surface area (Å²) in [7, 11) is -0.991. The van der Waals surface area contributed by atoms with Crippen molar-refractivity contribution in [2.75, 3.05) is 26.1 Å². The van der Waals surface area contributed by atoms with Crippen molar-refractivity contribution in [2.24, 2.45) is 0 Å². The molecule has 0 heterocycles. The predicted octanol–water partition coefficient (Wildman–Crippen LogP) is 2.15. The maximum Gasteiger partial charge on any atom is 0.253 e. The van der Waals surface area contributed by atoms with Gasteiger partial charge in [0.1, 0.15) is 0 Å². The summed E-state index contributed by atoms with van der Waals surface area (Å²) in [5.74, 6) is -0.0553. The molecule has 9 nitrogen and oxygen atoms in total. The van der Waals surface area contributed by atoms with Crippen molar-refractivity contribution in [2.45, 2.75) is 31.2 Å². The van der Waals surface area contributed by atoms with Crippen LogP contribution in [0.5, 0.6) is 11.5 Å². The van der Waals surface area contributed by atoms with Crippen molar-refractivity contribution in [3.05, 3.63) is 48.0 Å². The monoisotopic (exact) mass is 449 g/mol. The minimum Gasteiger partial charge on any atom is -0.493 e. The number of carbonyl (C=O) groups is 2. The van der Waals surface area contributed by atoms with Crippen molar-refractivity contribution >= 4 is 27.5 Å². The molecular formula is C21H27N3O6S. The quantitative estimate of drug-likeness (QED) is 0.511. The second-order valence-electron chi connectivity index (χ2n) is 6.89. The number of hydrogen-bond acceptors (Lipinski definition) is 6. The lowest BCUT2D eigenvalue weighted by Crippen LogP contribution is -2.31. The van der Waals surface area contributed by atoms with Gasteiger partial charge in [-0.25, -0.2) is 13.1 Å². The van der Waals surface area contributed by atoms with Gasteiger partial charge in [-0.05, 0) is 38.1 Å². The second-order valence-corrected chi connectivity index (χ2v) is 8.65. The van der Waals surface area contributed by atoms with Crippen LogP contribution in [0.3, 0.4) is 0 Å². The van der Waals surface area contributed by atoms with Crippen LogP contribution in [0.4, 0.5) is 5.69 Å². The van der Waals surface area contributed by atoms with Crippen LogP contribution >= 0.6 is 0 Å². The van der Waals surface area contributed by atoms with E-state index in [4.69, 9.17) is 9.47 Å². The zero-order valence-electron chi connectivity index (χ0n) is 17.9. The van der Waals surface area contributed by atoms with Gasteiger partial charge in [0.15, 0.2) is 11.5 Å². The third-order valence-electron chi connectivity index (χ3n) is 4.17. The second kappa shape index (κ2) is 10.8. The van der Waals surface area contributed by atoms with Crippen LogP contribution < -0.4 is 24.8 Å². The van der Waals surface area contributed by atoms with Crippen LogP contribution in [0.15, 0.2) is 47.4 Å². The van der Waals surface area contributed by atoms with E-state index in [0.717, 1.165) is 0 Å². The van der Waals surface area contributed by atoms with Crippen molar-refractivity contribution in [1.29, 1.82) is 0 Å². The molecule has 0 bridgehead atoms. The fraction of sp³-hybridized carbons (Fsp3) is 0.333. The zero-order chi connectivity index (χ0) is 23.0. The van der Waals surface area contributed by atoms with Gasteiger partial charge in [0, 0.05) is 25.1 Å². The Morgan fingerprint density at radius 2 is 1.68 bits per heavy atom. The molecule has 168 valence electrons. The number of anilines is 1. The molecule has 0 aromatic heterocycles. The fourth-order valence-electron chi connectivity index (χ4n) is 2.71. The number of carbonyl (C=O) groups excluding carboxylic acids is 2. The van der Waals surface area contributed by atoms with E-state index < -0.39 is 15.9 Å². The Hall–Kier alpha value is -3.11. The Balaban J connectivity index is 1.99. The van der Waals surface area contributed by atoms with Gasteiger partial charge < -0.3 is 20.1 Å². The van der Waals surface area contributed by atoms with Gasteiger partial charge >= 0.3 is 0 Å². The molecule has 0 fully saturated rings. The number of para-hydroxylation sites is 1. The number of nitrogens with one attached hydrogen (secondary N) is 3. The Morgan fingerprint density at radius 1 is 1.00 bits per heavy atom. The van der Waals surface area contributed by atoms with E-state index >= 15 is 0 Å². The Bertz CT molecular complexity index is 1040. The van der Waals surface area contributed by atoms with Gasteiger partial charge in [-0.3, -0.25) is 9.59 Å². The molecule has 0 aliphatic carbocycles. The molecule has 0 radical (unpaired) electrons. The van der Waals surface area contributed by atoms with Crippen LogP contribution in [-0.4, -0.2) is 47.0 Å². The number of methoxy groups -OCH3 is 2.